The van der Waals surface area contributed by atoms with Crippen LogP contribution < -0.4 is 10.1 Å². The van der Waals surface area contributed by atoms with Crippen LogP contribution in [0.15, 0.2) is 48.5 Å². The fraction of sp³-hybridized carbons (Fsp3) is 0.318. The Hall–Kier alpha value is -3.42. The molecule has 2 unspecified atom stereocenters. The number of methoxy groups -OCH3 is 1. The Kier molecular flexibility index (Phi) is 5.78. The summed E-state index contributed by atoms with van der Waals surface area (Å²) in [5.74, 6) is -0.678. The van der Waals surface area contributed by atoms with Gasteiger partial charge in [-0.25, -0.2) is 9.18 Å². The largest absolute Gasteiger partial charge is 0.497 e. The Morgan fingerprint density at radius 1 is 1.17 bits per heavy atom. The summed E-state index contributed by atoms with van der Waals surface area (Å²) in [6.45, 7) is 3.00. The number of nitrogens with zero attached hydrogens (tertiary/aromatic N) is 2. The SMILES string of the molecule is COc1ccc(C(C)N(C)C(=O)CN2C(=O)NC(C)(c3ccc(F)cc3)C2=O)cc1. The molecule has 1 aliphatic heterocycles. The summed E-state index contributed by atoms with van der Waals surface area (Å²) < 4.78 is 18.4. The van der Waals surface area contributed by atoms with E-state index in [0.29, 0.717) is 11.3 Å². The highest BCUT2D eigenvalue weighted by Crippen LogP contribution is 2.29. The molecule has 0 saturated carbocycles. The molecule has 0 aliphatic carbocycles. The fourth-order valence-corrected chi connectivity index (χ4v) is 3.39. The third-order valence-electron chi connectivity index (χ3n) is 5.56. The molecule has 1 fully saturated rings. The van der Waals surface area contributed by atoms with Gasteiger partial charge in [-0.2, -0.15) is 0 Å². The molecule has 2 aromatic carbocycles. The van der Waals surface area contributed by atoms with Crippen molar-refractivity contribution >= 4 is 17.8 Å². The summed E-state index contributed by atoms with van der Waals surface area (Å²) in [5, 5.41) is 2.61. The third-order valence-corrected chi connectivity index (χ3v) is 5.56. The molecule has 0 bridgehead atoms. The van der Waals surface area contributed by atoms with Gasteiger partial charge in [-0.3, -0.25) is 14.5 Å². The first-order valence-corrected chi connectivity index (χ1v) is 9.47. The number of hydrogen-bond acceptors (Lipinski definition) is 4. The van der Waals surface area contributed by atoms with Gasteiger partial charge in [0.2, 0.25) is 5.91 Å². The quantitative estimate of drug-likeness (QED) is 0.739. The predicted octanol–water partition coefficient (Wildman–Crippen LogP) is 2.82. The minimum Gasteiger partial charge on any atom is -0.497 e. The fourth-order valence-electron chi connectivity index (χ4n) is 3.39. The summed E-state index contributed by atoms with van der Waals surface area (Å²) in [6, 6.07) is 11.7. The van der Waals surface area contributed by atoms with E-state index in [0.717, 1.165) is 10.5 Å². The molecular formula is C22H24FN3O4. The van der Waals surface area contributed by atoms with E-state index in [4.69, 9.17) is 4.74 Å². The maximum atomic E-state index is 13.2. The molecule has 3 rings (SSSR count). The van der Waals surface area contributed by atoms with Crippen LogP contribution in [-0.4, -0.2) is 48.3 Å². The van der Waals surface area contributed by atoms with E-state index in [9.17, 15) is 18.8 Å². The monoisotopic (exact) mass is 413 g/mol. The summed E-state index contributed by atoms with van der Waals surface area (Å²) in [7, 11) is 3.20. The molecule has 2 atom stereocenters. The average molecular weight is 413 g/mol. The van der Waals surface area contributed by atoms with E-state index in [2.05, 4.69) is 5.32 Å². The highest BCUT2D eigenvalue weighted by atomic mass is 19.1. The Morgan fingerprint density at radius 2 is 1.77 bits per heavy atom. The van der Waals surface area contributed by atoms with Gasteiger partial charge in [0.25, 0.3) is 5.91 Å². The zero-order valence-corrected chi connectivity index (χ0v) is 17.3. The van der Waals surface area contributed by atoms with Gasteiger partial charge in [0.15, 0.2) is 0 Å². The highest BCUT2D eigenvalue weighted by molar-refractivity contribution is 6.09. The third kappa shape index (κ3) is 3.85. The second-order valence-corrected chi connectivity index (χ2v) is 7.41. The molecule has 0 spiro atoms. The number of carbonyl (C=O) groups is 3. The number of carbonyl (C=O) groups excluding carboxylic acids is 3. The van der Waals surface area contributed by atoms with Crippen molar-refractivity contribution in [2.45, 2.75) is 25.4 Å². The Bertz CT molecular complexity index is 961. The second-order valence-electron chi connectivity index (χ2n) is 7.41. The standard InChI is InChI=1S/C22H24FN3O4/c1-14(15-5-11-18(30-4)12-6-15)25(3)19(27)13-26-20(28)22(2,24-21(26)29)16-7-9-17(23)10-8-16/h5-12,14H,13H2,1-4H3,(H,24,29). The first-order chi connectivity index (χ1) is 14.2. The molecule has 1 aliphatic rings. The number of likely N-dealkylation sites (N-methyl/N-ethyl adjacent to an activating group) is 1. The molecule has 4 amide bonds. The van der Waals surface area contributed by atoms with Crippen molar-refractivity contribution in [3.8, 4) is 5.75 Å². The topological polar surface area (TPSA) is 79.0 Å². The van der Waals surface area contributed by atoms with Gasteiger partial charge in [-0.1, -0.05) is 24.3 Å². The van der Waals surface area contributed by atoms with Gasteiger partial charge in [0, 0.05) is 7.05 Å². The lowest BCUT2D eigenvalue weighted by molar-refractivity contribution is -0.139. The molecular weight excluding hydrogens is 389 g/mol. The van der Waals surface area contributed by atoms with Gasteiger partial charge in [-0.05, 0) is 49.2 Å². The van der Waals surface area contributed by atoms with Crippen molar-refractivity contribution in [1.29, 1.82) is 0 Å². The molecule has 0 aromatic heterocycles. The lowest BCUT2D eigenvalue weighted by atomic mass is 9.92. The Morgan fingerprint density at radius 3 is 2.33 bits per heavy atom. The minimum absolute atomic E-state index is 0.271. The number of benzene rings is 2. The van der Waals surface area contributed by atoms with Gasteiger partial charge >= 0.3 is 6.03 Å². The number of halogens is 1. The van der Waals surface area contributed by atoms with Gasteiger partial charge in [0.05, 0.1) is 13.2 Å². The molecule has 8 heteroatoms. The van der Waals surface area contributed by atoms with Crippen molar-refractivity contribution in [1.82, 2.24) is 15.1 Å². The number of hydrogen-bond donors (Lipinski definition) is 1. The van der Waals surface area contributed by atoms with E-state index in [1.165, 1.54) is 36.1 Å². The first kappa shape index (κ1) is 21.3. The first-order valence-electron chi connectivity index (χ1n) is 9.47. The van der Waals surface area contributed by atoms with Crippen LogP contribution >= 0.6 is 0 Å². The average Bonchev–Trinajstić information content (AvgIpc) is 2.96. The molecule has 30 heavy (non-hydrogen) atoms. The van der Waals surface area contributed by atoms with E-state index in [-0.39, 0.29) is 11.9 Å². The minimum atomic E-state index is -1.36. The van der Waals surface area contributed by atoms with E-state index >= 15 is 0 Å². The number of rotatable bonds is 6. The summed E-state index contributed by atoms with van der Waals surface area (Å²) in [5.41, 5.74) is -0.0252. The van der Waals surface area contributed by atoms with Crippen molar-refractivity contribution < 1.29 is 23.5 Å². The second kappa shape index (κ2) is 8.14. The lowest BCUT2D eigenvalue weighted by Gasteiger charge is -2.27. The molecule has 7 nitrogen and oxygen atoms in total. The number of urea groups is 1. The highest BCUT2D eigenvalue weighted by Gasteiger charge is 2.49. The number of amides is 4. The van der Waals surface area contributed by atoms with Crippen LogP contribution in [0.3, 0.4) is 0 Å². The smallest absolute Gasteiger partial charge is 0.325 e. The van der Waals surface area contributed by atoms with E-state index < -0.39 is 29.8 Å². The van der Waals surface area contributed by atoms with Crippen LogP contribution in [0.1, 0.15) is 31.0 Å². The van der Waals surface area contributed by atoms with Gasteiger partial charge < -0.3 is 15.0 Å². The molecule has 2 aromatic rings. The molecule has 1 N–H and O–H groups in total. The van der Waals surface area contributed by atoms with Crippen molar-refractivity contribution in [3.63, 3.8) is 0 Å². The molecule has 1 saturated heterocycles. The van der Waals surface area contributed by atoms with Crippen LogP contribution in [0.4, 0.5) is 9.18 Å². The number of nitrogens with one attached hydrogen (secondary N) is 1. The van der Waals surface area contributed by atoms with Crippen molar-refractivity contribution in [2.24, 2.45) is 0 Å². The lowest BCUT2D eigenvalue weighted by Crippen LogP contribution is -2.44. The predicted molar refractivity (Wildman–Crippen MR) is 108 cm³/mol. The number of ether oxygens (including phenoxy) is 1. The van der Waals surface area contributed by atoms with E-state index in [1.54, 1.807) is 26.3 Å². The summed E-state index contributed by atoms with van der Waals surface area (Å²) >= 11 is 0. The van der Waals surface area contributed by atoms with E-state index in [1.807, 2.05) is 19.1 Å². The van der Waals surface area contributed by atoms with Crippen LogP contribution in [0.25, 0.3) is 0 Å². The maximum Gasteiger partial charge on any atom is 0.325 e. The maximum absolute atomic E-state index is 13.2. The number of imide groups is 1. The zero-order valence-electron chi connectivity index (χ0n) is 17.3. The normalized spacial score (nSPS) is 19.4. The molecule has 1 heterocycles. The Labute approximate surface area is 174 Å². The van der Waals surface area contributed by atoms with Crippen LogP contribution in [-0.2, 0) is 15.1 Å². The summed E-state index contributed by atoms with van der Waals surface area (Å²) in [4.78, 5) is 40.6. The van der Waals surface area contributed by atoms with Gasteiger partial charge in [-0.15, -0.1) is 0 Å². The summed E-state index contributed by atoms with van der Waals surface area (Å²) in [6.07, 6.45) is 0. The van der Waals surface area contributed by atoms with Crippen LogP contribution in [0.2, 0.25) is 0 Å². The Balaban J connectivity index is 1.73. The van der Waals surface area contributed by atoms with Crippen molar-refractivity contribution in [2.75, 3.05) is 20.7 Å². The van der Waals surface area contributed by atoms with Crippen molar-refractivity contribution in [3.05, 3.63) is 65.5 Å². The van der Waals surface area contributed by atoms with Crippen LogP contribution in [0.5, 0.6) is 5.75 Å². The molecule has 158 valence electrons. The van der Waals surface area contributed by atoms with Gasteiger partial charge in [0.1, 0.15) is 23.7 Å². The zero-order chi connectivity index (χ0) is 22.1. The van der Waals surface area contributed by atoms with Crippen LogP contribution in [0, 0.1) is 5.82 Å². The molecule has 0 radical (unpaired) electrons.